The van der Waals surface area contributed by atoms with Crippen LogP contribution in [-0.4, -0.2) is 60.5 Å². The zero-order valence-electron chi connectivity index (χ0n) is 17.2. The van der Waals surface area contributed by atoms with Gasteiger partial charge in [0, 0.05) is 25.3 Å². The Balaban J connectivity index is 1.58. The van der Waals surface area contributed by atoms with Crippen molar-refractivity contribution in [3.8, 4) is 5.75 Å². The molecule has 0 atom stereocenters. The molecule has 3 rings (SSSR count). The summed E-state index contributed by atoms with van der Waals surface area (Å²) in [5, 5.41) is 2.79. The van der Waals surface area contributed by atoms with E-state index in [0.717, 1.165) is 48.1 Å². The van der Waals surface area contributed by atoms with Crippen LogP contribution in [0, 0.1) is 0 Å². The zero-order valence-corrected chi connectivity index (χ0v) is 18.0. The van der Waals surface area contributed by atoms with Gasteiger partial charge >= 0.3 is 0 Å². The molecule has 162 valence electrons. The number of hydrogen-bond donors (Lipinski definition) is 1. The van der Waals surface area contributed by atoms with E-state index in [9.17, 15) is 13.2 Å². The lowest BCUT2D eigenvalue weighted by Crippen LogP contribution is -2.40. The van der Waals surface area contributed by atoms with Gasteiger partial charge in [-0.2, -0.15) is 0 Å². The Bertz CT molecular complexity index is 940. The summed E-state index contributed by atoms with van der Waals surface area (Å²) in [5.74, 6) is 0.227. The van der Waals surface area contributed by atoms with E-state index < -0.39 is 10.0 Å². The fraction of sp³-hybridized carbons (Fsp3) is 0.381. The Morgan fingerprint density at radius 3 is 2.30 bits per heavy atom. The van der Waals surface area contributed by atoms with E-state index in [1.807, 2.05) is 24.3 Å². The van der Waals surface area contributed by atoms with E-state index in [4.69, 9.17) is 9.47 Å². The number of sulfonamides is 1. The van der Waals surface area contributed by atoms with Gasteiger partial charge in [0.2, 0.25) is 15.9 Å². The lowest BCUT2D eigenvalue weighted by atomic mass is 10.2. The lowest BCUT2D eigenvalue weighted by molar-refractivity contribution is -0.119. The summed E-state index contributed by atoms with van der Waals surface area (Å²) in [6.45, 7) is 3.21. The Hall–Kier alpha value is -2.78. The van der Waals surface area contributed by atoms with Crippen LogP contribution in [0.25, 0.3) is 0 Å². The summed E-state index contributed by atoms with van der Waals surface area (Å²) in [6, 6.07) is 14.5. The van der Waals surface area contributed by atoms with Crippen molar-refractivity contribution < 1.29 is 22.7 Å². The van der Waals surface area contributed by atoms with Gasteiger partial charge in [0.15, 0.2) is 0 Å². The molecule has 2 aromatic rings. The zero-order chi connectivity index (χ0) is 21.6. The highest BCUT2D eigenvalue weighted by Crippen LogP contribution is 2.21. The van der Waals surface area contributed by atoms with Gasteiger partial charge in [-0.15, -0.1) is 0 Å². The van der Waals surface area contributed by atoms with E-state index in [-0.39, 0.29) is 12.5 Å². The third-order valence-electron chi connectivity index (χ3n) is 4.85. The van der Waals surface area contributed by atoms with Gasteiger partial charge < -0.3 is 19.7 Å². The van der Waals surface area contributed by atoms with Crippen LogP contribution >= 0.6 is 0 Å². The van der Waals surface area contributed by atoms with Crippen molar-refractivity contribution >= 4 is 27.3 Å². The highest BCUT2D eigenvalue weighted by Gasteiger charge is 2.21. The summed E-state index contributed by atoms with van der Waals surface area (Å²) in [6.07, 6.45) is 1.08. The molecule has 1 amide bonds. The number of ether oxygens (including phenoxy) is 2. The fourth-order valence-electron chi connectivity index (χ4n) is 3.18. The first-order valence-corrected chi connectivity index (χ1v) is 11.5. The van der Waals surface area contributed by atoms with Crippen molar-refractivity contribution in [3.63, 3.8) is 0 Å². The molecule has 1 heterocycles. The number of morpholine rings is 1. The fourth-order valence-corrected chi connectivity index (χ4v) is 4.04. The summed E-state index contributed by atoms with van der Waals surface area (Å²) in [7, 11) is -2.09. The third-order valence-corrected chi connectivity index (χ3v) is 5.99. The first kappa shape index (κ1) is 21.9. The number of nitrogens with one attached hydrogen (secondary N) is 1. The molecule has 0 unspecified atom stereocenters. The second kappa shape index (κ2) is 9.82. The molecule has 8 nitrogen and oxygen atoms in total. The molecule has 1 fully saturated rings. The van der Waals surface area contributed by atoms with Crippen molar-refractivity contribution in [1.29, 1.82) is 0 Å². The number of anilines is 2. The Labute approximate surface area is 177 Å². The molecule has 0 saturated carbocycles. The largest absolute Gasteiger partial charge is 0.497 e. The Kier molecular flexibility index (Phi) is 7.17. The van der Waals surface area contributed by atoms with Crippen LogP contribution < -0.4 is 19.3 Å². The average molecular weight is 434 g/mol. The van der Waals surface area contributed by atoms with Gasteiger partial charge in [0.1, 0.15) is 12.3 Å². The van der Waals surface area contributed by atoms with E-state index in [1.165, 1.54) is 7.11 Å². The molecular weight excluding hydrogens is 406 g/mol. The van der Waals surface area contributed by atoms with Gasteiger partial charge in [-0.3, -0.25) is 9.10 Å². The molecular formula is C21H27N3O5S. The second-order valence-electron chi connectivity index (χ2n) is 7.01. The SMILES string of the molecule is COc1ccc(N(CC(=O)NCc2ccc(N3CCOCC3)cc2)S(C)(=O)=O)cc1. The van der Waals surface area contributed by atoms with Gasteiger partial charge in [-0.05, 0) is 42.0 Å². The third kappa shape index (κ3) is 5.87. The number of rotatable bonds is 8. The molecule has 0 bridgehead atoms. The number of benzene rings is 2. The number of carbonyl (C=O) groups is 1. The predicted molar refractivity (Wildman–Crippen MR) is 117 cm³/mol. The van der Waals surface area contributed by atoms with Crippen LogP contribution in [0.4, 0.5) is 11.4 Å². The van der Waals surface area contributed by atoms with E-state index in [1.54, 1.807) is 24.3 Å². The van der Waals surface area contributed by atoms with Gasteiger partial charge in [0.25, 0.3) is 0 Å². The standard InChI is InChI=1S/C21H27N3O5S/c1-28-20-9-7-19(8-10-20)24(30(2,26)27)16-21(25)22-15-17-3-5-18(6-4-17)23-11-13-29-14-12-23/h3-10H,11-16H2,1-2H3,(H,22,25). The normalized spacial score (nSPS) is 14.3. The maximum absolute atomic E-state index is 12.4. The van der Waals surface area contributed by atoms with Crippen molar-refractivity contribution in [3.05, 3.63) is 54.1 Å². The van der Waals surface area contributed by atoms with Crippen LogP contribution in [-0.2, 0) is 26.1 Å². The van der Waals surface area contributed by atoms with Gasteiger partial charge in [0.05, 0.1) is 32.3 Å². The molecule has 1 aliphatic rings. The summed E-state index contributed by atoms with van der Waals surface area (Å²) in [4.78, 5) is 14.7. The molecule has 0 aromatic heterocycles. The summed E-state index contributed by atoms with van der Waals surface area (Å²) >= 11 is 0. The van der Waals surface area contributed by atoms with Crippen molar-refractivity contribution in [2.75, 3.05) is 55.4 Å². The van der Waals surface area contributed by atoms with Crippen LogP contribution in [0.5, 0.6) is 5.75 Å². The highest BCUT2D eigenvalue weighted by molar-refractivity contribution is 7.92. The molecule has 2 aromatic carbocycles. The van der Waals surface area contributed by atoms with E-state index in [2.05, 4.69) is 10.2 Å². The molecule has 0 spiro atoms. The van der Waals surface area contributed by atoms with Crippen LogP contribution in [0.3, 0.4) is 0 Å². The molecule has 1 aliphatic heterocycles. The molecule has 9 heteroatoms. The number of nitrogens with zero attached hydrogens (tertiary/aromatic N) is 2. The van der Waals surface area contributed by atoms with Gasteiger partial charge in [-0.25, -0.2) is 8.42 Å². The van der Waals surface area contributed by atoms with E-state index >= 15 is 0 Å². The van der Waals surface area contributed by atoms with Crippen LogP contribution in [0.15, 0.2) is 48.5 Å². The number of hydrogen-bond acceptors (Lipinski definition) is 6. The predicted octanol–water partition coefficient (Wildman–Crippen LogP) is 1.61. The first-order chi connectivity index (χ1) is 14.4. The minimum absolute atomic E-state index is 0.295. The first-order valence-electron chi connectivity index (χ1n) is 9.67. The second-order valence-corrected chi connectivity index (χ2v) is 8.92. The minimum atomic E-state index is -3.62. The lowest BCUT2D eigenvalue weighted by Gasteiger charge is -2.29. The van der Waals surface area contributed by atoms with Crippen molar-refractivity contribution in [1.82, 2.24) is 5.32 Å². The molecule has 1 saturated heterocycles. The highest BCUT2D eigenvalue weighted by atomic mass is 32.2. The monoisotopic (exact) mass is 433 g/mol. The molecule has 1 N–H and O–H groups in total. The average Bonchev–Trinajstić information content (AvgIpc) is 2.76. The summed E-state index contributed by atoms with van der Waals surface area (Å²) < 4.78 is 35.9. The maximum Gasteiger partial charge on any atom is 0.241 e. The molecule has 30 heavy (non-hydrogen) atoms. The van der Waals surface area contributed by atoms with Crippen molar-refractivity contribution in [2.24, 2.45) is 0 Å². The van der Waals surface area contributed by atoms with E-state index in [0.29, 0.717) is 18.0 Å². The number of methoxy groups -OCH3 is 1. The Morgan fingerprint density at radius 1 is 1.10 bits per heavy atom. The van der Waals surface area contributed by atoms with Crippen molar-refractivity contribution in [2.45, 2.75) is 6.54 Å². The van der Waals surface area contributed by atoms with Gasteiger partial charge in [-0.1, -0.05) is 12.1 Å². The Morgan fingerprint density at radius 2 is 1.73 bits per heavy atom. The van der Waals surface area contributed by atoms with Crippen LogP contribution in [0.2, 0.25) is 0 Å². The molecule has 0 aliphatic carbocycles. The minimum Gasteiger partial charge on any atom is -0.497 e. The quantitative estimate of drug-likeness (QED) is 0.681. The van der Waals surface area contributed by atoms with Crippen LogP contribution in [0.1, 0.15) is 5.56 Å². The summed E-state index contributed by atoms with van der Waals surface area (Å²) in [5.41, 5.74) is 2.47. The topological polar surface area (TPSA) is 88.2 Å². The maximum atomic E-state index is 12.4. The number of carbonyl (C=O) groups excluding carboxylic acids is 1. The molecule has 0 radical (unpaired) electrons. The number of amides is 1. The smallest absolute Gasteiger partial charge is 0.241 e.